The molecule has 1 aromatic rings. The van der Waals surface area contributed by atoms with E-state index < -0.39 is 0 Å². The quantitative estimate of drug-likeness (QED) is 0.744. The zero-order chi connectivity index (χ0) is 10.6. The molecule has 0 spiro atoms. The van der Waals surface area contributed by atoms with E-state index in [0.717, 1.165) is 11.8 Å². The molecule has 1 rings (SSSR count). The van der Waals surface area contributed by atoms with Crippen LogP contribution in [0.15, 0.2) is 12.1 Å². The highest BCUT2D eigenvalue weighted by atomic mass is 16.5. The number of carbonyl (C=O) groups excluding carboxylic acids is 1. The summed E-state index contributed by atoms with van der Waals surface area (Å²) in [6, 6.07) is 3.59. The van der Waals surface area contributed by atoms with Gasteiger partial charge in [0.25, 0.3) is 0 Å². The molecule has 0 saturated heterocycles. The Morgan fingerprint density at radius 1 is 1.50 bits per heavy atom. The second-order valence-electron chi connectivity index (χ2n) is 3.12. The number of methoxy groups -OCH3 is 1. The first-order valence-electron chi connectivity index (χ1n) is 4.49. The standard InChI is InChI=1S/C11H14O3/c1-8-5-6-10(14-2)9(11(8)13)4-3-7-12/h5-7,13H,3-4H2,1-2H3. The van der Waals surface area contributed by atoms with E-state index in [-0.39, 0.29) is 5.75 Å². The average Bonchev–Trinajstić information content (AvgIpc) is 2.20. The van der Waals surface area contributed by atoms with E-state index in [1.807, 2.05) is 6.92 Å². The molecule has 1 aromatic carbocycles. The van der Waals surface area contributed by atoms with E-state index in [4.69, 9.17) is 4.74 Å². The fourth-order valence-electron chi connectivity index (χ4n) is 1.37. The highest BCUT2D eigenvalue weighted by molar-refractivity contribution is 5.54. The number of aryl methyl sites for hydroxylation is 1. The van der Waals surface area contributed by atoms with E-state index >= 15 is 0 Å². The van der Waals surface area contributed by atoms with Crippen molar-refractivity contribution in [2.24, 2.45) is 0 Å². The van der Waals surface area contributed by atoms with Gasteiger partial charge in [-0.1, -0.05) is 6.07 Å². The summed E-state index contributed by atoms with van der Waals surface area (Å²) in [6.07, 6.45) is 1.74. The van der Waals surface area contributed by atoms with Crippen LogP contribution in [0.5, 0.6) is 11.5 Å². The second kappa shape index (κ2) is 4.65. The number of aromatic hydroxyl groups is 1. The Bertz CT molecular complexity index is 332. The Hall–Kier alpha value is -1.51. The molecule has 0 aliphatic heterocycles. The van der Waals surface area contributed by atoms with Crippen molar-refractivity contribution in [1.29, 1.82) is 0 Å². The van der Waals surface area contributed by atoms with E-state index in [2.05, 4.69) is 0 Å². The van der Waals surface area contributed by atoms with Gasteiger partial charge in [0, 0.05) is 12.0 Å². The minimum absolute atomic E-state index is 0.228. The molecule has 3 nitrogen and oxygen atoms in total. The van der Waals surface area contributed by atoms with Gasteiger partial charge in [-0.15, -0.1) is 0 Å². The van der Waals surface area contributed by atoms with E-state index in [0.29, 0.717) is 24.2 Å². The Labute approximate surface area is 83.3 Å². The molecule has 0 aliphatic carbocycles. The lowest BCUT2D eigenvalue weighted by Gasteiger charge is -2.10. The van der Waals surface area contributed by atoms with Gasteiger partial charge in [-0.3, -0.25) is 0 Å². The van der Waals surface area contributed by atoms with Crippen LogP contribution in [-0.2, 0) is 11.2 Å². The number of hydrogen-bond donors (Lipinski definition) is 1. The lowest BCUT2D eigenvalue weighted by atomic mass is 10.0. The van der Waals surface area contributed by atoms with Crippen molar-refractivity contribution in [3.05, 3.63) is 23.3 Å². The van der Waals surface area contributed by atoms with Crippen molar-refractivity contribution in [3.8, 4) is 11.5 Å². The fourth-order valence-corrected chi connectivity index (χ4v) is 1.37. The van der Waals surface area contributed by atoms with Crippen LogP contribution in [0.25, 0.3) is 0 Å². The molecule has 76 valence electrons. The molecule has 14 heavy (non-hydrogen) atoms. The zero-order valence-corrected chi connectivity index (χ0v) is 8.41. The number of ether oxygens (including phenoxy) is 1. The van der Waals surface area contributed by atoms with Gasteiger partial charge in [-0.25, -0.2) is 0 Å². The number of hydrogen-bond acceptors (Lipinski definition) is 3. The van der Waals surface area contributed by atoms with Gasteiger partial charge >= 0.3 is 0 Å². The van der Waals surface area contributed by atoms with Gasteiger partial charge in [0.05, 0.1) is 7.11 Å². The summed E-state index contributed by atoms with van der Waals surface area (Å²) in [5.74, 6) is 0.862. The van der Waals surface area contributed by atoms with Gasteiger partial charge in [-0.2, -0.15) is 0 Å². The van der Waals surface area contributed by atoms with E-state index in [1.54, 1.807) is 19.2 Å². The summed E-state index contributed by atoms with van der Waals surface area (Å²) >= 11 is 0. The predicted molar refractivity (Wildman–Crippen MR) is 53.8 cm³/mol. The number of aldehydes is 1. The molecule has 0 fully saturated rings. The van der Waals surface area contributed by atoms with Crippen molar-refractivity contribution in [2.75, 3.05) is 7.11 Å². The topological polar surface area (TPSA) is 46.5 Å². The van der Waals surface area contributed by atoms with Crippen LogP contribution in [0, 0.1) is 6.92 Å². The van der Waals surface area contributed by atoms with Crippen LogP contribution in [0.3, 0.4) is 0 Å². The van der Waals surface area contributed by atoms with Crippen molar-refractivity contribution in [1.82, 2.24) is 0 Å². The summed E-state index contributed by atoms with van der Waals surface area (Å²) < 4.78 is 5.10. The van der Waals surface area contributed by atoms with Gasteiger partial charge in [-0.05, 0) is 25.0 Å². The first-order chi connectivity index (χ1) is 6.70. The largest absolute Gasteiger partial charge is 0.507 e. The first-order valence-corrected chi connectivity index (χ1v) is 4.49. The number of benzene rings is 1. The second-order valence-corrected chi connectivity index (χ2v) is 3.12. The van der Waals surface area contributed by atoms with Crippen LogP contribution in [0.4, 0.5) is 0 Å². The molecule has 0 radical (unpaired) electrons. The number of rotatable bonds is 4. The molecule has 0 aromatic heterocycles. The van der Waals surface area contributed by atoms with Crippen LogP contribution < -0.4 is 4.74 Å². The van der Waals surface area contributed by atoms with E-state index in [1.165, 1.54) is 0 Å². The minimum atomic E-state index is 0.228. The maximum Gasteiger partial charge on any atom is 0.125 e. The summed E-state index contributed by atoms with van der Waals surface area (Å²) in [5, 5.41) is 9.74. The van der Waals surface area contributed by atoms with Crippen molar-refractivity contribution in [3.63, 3.8) is 0 Å². The summed E-state index contributed by atoms with van der Waals surface area (Å²) in [6.45, 7) is 1.82. The van der Waals surface area contributed by atoms with Crippen molar-refractivity contribution < 1.29 is 14.6 Å². The fraction of sp³-hybridized carbons (Fsp3) is 0.364. The van der Waals surface area contributed by atoms with Crippen LogP contribution >= 0.6 is 0 Å². The Morgan fingerprint density at radius 3 is 2.79 bits per heavy atom. The SMILES string of the molecule is COc1ccc(C)c(O)c1CCC=O. The number of carbonyl (C=O) groups is 1. The Balaban J connectivity index is 3.07. The number of phenolic OH excluding ortho intramolecular Hbond substituents is 1. The Morgan fingerprint density at radius 2 is 2.21 bits per heavy atom. The van der Waals surface area contributed by atoms with Crippen molar-refractivity contribution in [2.45, 2.75) is 19.8 Å². The molecule has 0 bridgehead atoms. The third-order valence-corrected chi connectivity index (χ3v) is 2.17. The molecule has 0 saturated carbocycles. The van der Waals surface area contributed by atoms with Gasteiger partial charge in [0.15, 0.2) is 0 Å². The molecular weight excluding hydrogens is 180 g/mol. The summed E-state index contributed by atoms with van der Waals surface area (Å²) in [4.78, 5) is 10.3. The molecule has 0 aliphatic rings. The average molecular weight is 194 g/mol. The van der Waals surface area contributed by atoms with Crippen molar-refractivity contribution >= 4 is 6.29 Å². The summed E-state index contributed by atoms with van der Waals surface area (Å²) in [7, 11) is 1.55. The third kappa shape index (κ3) is 2.05. The number of phenols is 1. The lowest BCUT2D eigenvalue weighted by molar-refractivity contribution is -0.107. The lowest BCUT2D eigenvalue weighted by Crippen LogP contribution is -1.95. The minimum Gasteiger partial charge on any atom is -0.507 e. The molecule has 1 N–H and O–H groups in total. The molecule has 3 heteroatoms. The third-order valence-electron chi connectivity index (χ3n) is 2.17. The molecule has 0 heterocycles. The van der Waals surface area contributed by atoms with Crippen LogP contribution in [-0.4, -0.2) is 18.5 Å². The van der Waals surface area contributed by atoms with Gasteiger partial charge in [0.1, 0.15) is 17.8 Å². The highest BCUT2D eigenvalue weighted by Crippen LogP contribution is 2.31. The van der Waals surface area contributed by atoms with E-state index in [9.17, 15) is 9.90 Å². The molecule has 0 unspecified atom stereocenters. The normalized spacial score (nSPS) is 9.86. The maximum atomic E-state index is 10.3. The van der Waals surface area contributed by atoms with Crippen LogP contribution in [0.2, 0.25) is 0 Å². The van der Waals surface area contributed by atoms with Gasteiger partial charge in [0.2, 0.25) is 0 Å². The summed E-state index contributed by atoms with van der Waals surface area (Å²) in [5.41, 5.74) is 1.51. The predicted octanol–water partition coefficient (Wildman–Crippen LogP) is 1.84. The highest BCUT2D eigenvalue weighted by Gasteiger charge is 2.10. The maximum absolute atomic E-state index is 10.3. The van der Waals surface area contributed by atoms with Gasteiger partial charge < -0.3 is 14.6 Å². The first kappa shape index (κ1) is 10.6. The molecule has 0 amide bonds. The molecular formula is C11H14O3. The molecule has 0 atom stereocenters. The smallest absolute Gasteiger partial charge is 0.125 e. The Kier molecular flexibility index (Phi) is 3.51. The monoisotopic (exact) mass is 194 g/mol. The zero-order valence-electron chi connectivity index (χ0n) is 8.41. The van der Waals surface area contributed by atoms with Crippen LogP contribution in [0.1, 0.15) is 17.5 Å².